The lowest BCUT2D eigenvalue weighted by Gasteiger charge is -2.60. The van der Waals surface area contributed by atoms with Crippen LogP contribution in [0.5, 0.6) is 5.75 Å². The highest BCUT2D eigenvalue weighted by molar-refractivity contribution is 5.99. The highest BCUT2D eigenvalue weighted by Gasteiger charge is 2.61. The first-order chi connectivity index (χ1) is 19.5. The molecule has 6 nitrogen and oxygen atoms in total. The molecule has 3 fully saturated rings. The Hall–Kier alpha value is -3.33. The number of nitrogens with one attached hydrogen (secondary N) is 1. The van der Waals surface area contributed by atoms with Crippen molar-refractivity contribution in [1.29, 1.82) is 0 Å². The lowest BCUT2D eigenvalue weighted by molar-refractivity contribution is -0.193. The van der Waals surface area contributed by atoms with Gasteiger partial charge in [0.2, 0.25) is 0 Å². The quantitative estimate of drug-likeness (QED) is 0.311. The zero-order chi connectivity index (χ0) is 29.3. The van der Waals surface area contributed by atoms with Crippen LogP contribution in [0, 0.1) is 5.92 Å². The number of ether oxygens (including phenoxy) is 2. The first-order valence-electron chi connectivity index (χ1n) is 14.3. The lowest BCUT2D eigenvalue weighted by Crippen LogP contribution is -2.71. The van der Waals surface area contributed by atoms with Gasteiger partial charge in [-0.3, -0.25) is 14.5 Å². The van der Waals surface area contributed by atoms with Crippen LogP contribution in [-0.2, 0) is 19.7 Å². The number of hydrogen-bond donors (Lipinski definition) is 1. The molecule has 1 unspecified atom stereocenters. The van der Waals surface area contributed by atoms with Crippen molar-refractivity contribution in [2.75, 3.05) is 20.2 Å². The van der Waals surface area contributed by atoms with Crippen LogP contribution in [0.15, 0.2) is 60.2 Å². The number of alkyl halides is 3. The third-order valence-corrected chi connectivity index (χ3v) is 8.86. The van der Waals surface area contributed by atoms with Gasteiger partial charge in [0, 0.05) is 25.4 Å². The summed E-state index contributed by atoms with van der Waals surface area (Å²) in [4.78, 5) is 28.0. The van der Waals surface area contributed by atoms with Crippen LogP contribution < -0.4 is 10.1 Å². The van der Waals surface area contributed by atoms with Gasteiger partial charge < -0.3 is 14.8 Å². The molecule has 3 aliphatic rings. The summed E-state index contributed by atoms with van der Waals surface area (Å²) >= 11 is 0. The number of hydrogen-bond acceptors (Lipinski definition) is 5. The number of esters is 1. The molecule has 1 N–H and O–H groups in total. The Morgan fingerprint density at radius 3 is 2.46 bits per heavy atom. The third-order valence-electron chi connectivity index (χ3n) is 8.86. The average molecular weight is 571 g/mol. The topological polar surface area (TPSA) is 67.9 Å². The van der Waals surface area contributed by atoms with Crippen LogP contribution in [0.25, 0.3) is 6.08 Å². The first-order valence-corrected chi connectivity index (χ1v) is 14.3. The van der Waals surface area contributed by atoms with Gasteiger partial charge in [0.15, 0.2) is 0 Å². The fourth-order valence-electron chi connectivity index (χ4n) is 6.81. The van der Waals surface area contributed by atoms with Gasteiger partial charge in [-0.15, -0.1) is 0 Å². The second kappa shape index (κ2) is 11.5. The zero-order valence-electron chi connectivity index (χ0n) is 23.5. The Morgan fingerprint density at radius 2 is 1.80 bits per heavy atom. The summed E-state index contributed by atoms with van der Waals surface area (Å²) in [6.07, 6.45) is 0.770. The molecule has 2 aliphatic carbocycles. The fourth-order valence-corrected chi connectivity index (χ4v) is 6.81. The van der Waals surface area contributed by atoms with Crippen LogP contribution in [0.3, 0.4) is 0 Å². The maximum absolute atomic E-state index is 14.2. The van der Waals surface area contributed by atoms with E-state index in [4.69, 9.17) is 9.47 Å². The second-order valence-electron chi connectivity index (χ2n) is 11.6. The van der Waals surface area contributed by atoms with E-state index in [0.29, 0.717) is 49.6 Å². The molecule has 1 saturated heterocycles. The van der Waals surface area contributed by atoms with E-state index in [9.17, 15) is 22.8 Å². The van der Waals surface area contributed by atoms with Gasteiger partial charge in [-0.1, -0.05) is 48.9 Å². The smallest absolute Gasteiger partial charge is 0.421 e. The summed E-state index contributed by atoms with van der Waals surface area (Å²) in [5.74, 6) is -0.508. The number of benzene rings is 2. The molecule has 2 aromatic rings. The van der Waals surface area contributed by atoms with Gasteiger partial charge in [-0.25, -0.2) is 0 Å². The van der Waals surface area contributed by atoms with Crippen molar-refractivity contribution < 1.29 is 32.2 Å². The zero-order valence-corrected chi connectivity index (χ0v) is 23.5. The van der Waals surface area contributed by atoms with Crippen molar-refractivity contribution in [2.24, 2.45) is 5.92 Å². The summed E-state index contributed by atoms with van der Waals surface area (Å²) < 4.78 is 54.4. The van der Waals surface area contributed by atoms with E-state index in [-0.39, 0.29) is 0 Å². The lowest BCUT2D eigenvalue weighted by atomic mass is 9.55. The number of fused-ring (bicyclic) bond motifs is 1. The minimum atomic E-state index is -4.84. The third kappa shape index (κ3) is 6.15. The van der Waals surface area contributed by atoms with Crippen LogP contribution >= 0.6 is 0 Å². The number of carbonyl (C=O) groups is 2. The average Bonchev–Trinajstić information content (AvgIpc) is 3.75. The number of amides is 1. The van der Waals surface area contributed by atoms with E-state index in [1.165, 1.54) is 19.1 Å². The van der Waals surface area contributed by atoms with Gasteiger partial charge in [0.1, 0.15) is 16.9 Å². The number of halogens is 3. The Morgan fingerprint density at radius 1 is 1.07 bits per heavy atom. The van der Waals surface area contributed by atoms with Crippen molar-refractivity contribution in [3.63, 3.8) is 0 Å². The molecule has 0 aromatic heterocycles. The predicted molar refractivity (Wildman–Crippen MR) is 149 cm³/mol. The molecule has 0 spiro atoms. The van der Waals surface area contributed by atoms with Crippen LogP contribution in [-0.4, -0.2) is 54.9 Å². The van der Waals surface area contributed by atoms with Gasteiger partial charge in [-0.05, 0) is 73.8 Å². The standard InChI is InChI=1S/C32H37F3N2O4/c1-22(38)41-31-16-7-6-15-30(31,25-11-8-12-26(18-25)40-2)19-28(37(21-31)20-24-13-14-24)36-29(39)27(32(33,34)35)17-23-9-4-3-5-10-23/h3-5,8-12,17-18,24,28H,6-7,13-16,19-21H2,1-2H3,(H,36,39)/t28-,30-,31?/m0/s1. The second-order valence-corrected chi connectivity index (χ2v) is 11.6. The normalized spacial score (nSPS) is 27.0. The number of likely N-dealkylation sites (tertiary alicyclic amines) is 1. The van der Waals surface area contributed by atoms with E-state index in [1.807, 2.05) is 29.2 Å². The largest absolute Gasteiger partial charge is 0.497 e. The van der Waals surface area contributed by atoms with Crippen LogP contribution in [0.2, 0.25) is 0 Å². The van der Waals surface area contributed by atoms with E-state index < -0.39 is 40.8 Å². The SMILES string of the molecule is COc1cccc([C@@]23CCCCC2(OC(C)=O)CN(CC2CC2)[C@H](NC(=O)C(=Cc2ccccc2)C(F)(F)F)C3)c1. The molecule has 2 aromatic carbocycles. The number of carbonyl (C=O) groups excluding carboxylic acids is 2. The summed E-state index contributed by atoms with van der Waals surface area (Å²) in [5.41, 5.74) is -1.65. The molecule has 9 heteroatoms. The highest BCUT2D eigenvalue weighted by Crippen LogP contribution is 2.55. The highest BCUT2D eigenvalue weighted by atomic mass is 19.4. The summed E-state index contributed by atoms with van der Waals surface area (Å²) in [7, 11) is 1.58. The molecule has 3 atom stereocenters. The molecule has 41 heavy (non-hydrogen) atoms. The van der Waals surface area contributed by atoms with Crippen molar-refractivity contribution >= 4 is 18.0 Å². The van der Waals surface area contributed by atoms with E-state index in [0.717, 1.165) is 37.3 Å². The molecule has 5 rings (SSSR count). The van der Waals surface area contributed by atoms with Crippen molar-refractivity contribution in [3.05, 3.63) is 71.3 Å². The van der Waals surface area contributed by atoms with E-state index in [2.05, 4.69) is 5.32 Å². The molecular formula is C32H37F3N2O4. The number of piperidine rings is 1. The molecule has 1 heterocycles. The predicted octanol–water partition coefficient (Wildman–Crippen LogP) is 6.01. The van der Waals surface area contributed by atoms with Crippen LogP contribution in [0.4, 0.5) is 13.2 Å². The Balaban J connectivity index is 1.56. The van der Waals surface area contributed by atoms with Crippen molar-refractivity contribution in [1.82, 2.24) is 10.2 Å². The molecule has 0 radical (unpaired) electrons. The Kier molecular flexibility index (Phi) is 8.19. The number of nitrogens with zero attached hydrogens (tertiary/aromatic N) is 1. The summed E-state index contributed by atoms with van der Waals surface area (Å²) in [6, 6.07) is 15.6. The van der Waals surface area contributed by atoms with E-state index >= 15 is 0 Å². The van der Waals surface area contributed by atoms with Gasteiger partial charge in [-0.2, -0.15) is 13.2 Å². The monoisotopic (exact) mass is 570 g/mol. The molecule has 220 valence electrons. The molecule has 2 saturated carbocycles. The fraction of sp³-hybridized carbons (Fsp3) is 0.500. The maximum atomic E-state index is 14.2. The molecule has 1 amide bonds. The number of rotatable bonds is 8. The van der Waals surface area contributed by atoms with Crippen molar-refractivity contribution in [2.45, 2.75) is 75.2 Å². The van der Waals surface area contributed by atoms with Gasteiger partial charge >= 0.3 is 12.1 Å². The van der Waals surface area contributed by atoms with Gasteiger partial charge in [0.05, 0.1) is 13.3 Å². The maximum Gasteiger partial charge on any atom is 0.421 e. The van der Waals surface area contributed by atoms with E-state index in [1.54, 1.807) is 25.3 Å². The van der Waals surface area contributed by atoms with Gasteiger partial charge in [0.25, 0.3) is 5.91 Å². The summed E-state index contributed by atoms with van der Waals surface area (Å²) in [5, 5.41) is 2.78. The molecule has 0 bridgehead atoms. The minimum Gasteiger partial charge on any atom is -0.497 e. The molecule has 1 aliphatic heterocycles. The number of methoxy groups -OCH3 is 1. The summed E-state index contributed by atoms with van der Waals surface area (Å²) in [6.45, 7) is 2.35. The first kappa shape index (κ1) is 29.2. The van der Waals surface area contributed by atoms with Crippen LogP contribution in [0.1, 0.15) is 63.0 Å². The Bertz CT molecular complexity index is 1290. The van der Waals surface area contributed by atoms with Crippen molar-refractivity contribution in [3.8, 4) is 5.75 Å². The molecular weight excluding hydrogens is 533 g/mol. The Labute approximate surface area is 238 Å². The minimum absolute atomic E-state index is 0.294.